The first-order chi connectivity index (χ1) is 32.2. The van der Waals surface area contributed by atoms with Crippen LogP contribution in [0.25, 0.3) is 44.1 Å². The van der Waals surface area contributed by atoms with Crippen molar-refractivity contribution in [2.45, 2.75) is 88.3 Å². The Bertz CT molecular complexity index is 2720. The lowest BCUT2D eigenvalue weighted by Gasteiger charge is -2.32. The Labute approximate surface area is 381 Å². The fourth-order valence-electron chi connectivity index (χ4n) is 9.70. The van der Waals surface area contributed by atoms with Crippen LogP contribution in [0.1, 0.15) is 75.8 Å². The Hall–Kier alpha value is -6.30. The molecule has 4 fully saturated rings. The summed E-state index contributed by atoms with van der Waals surface area (Å²) in [6.07, 6.45) is 15.3. The molecule has 342 valence electrons. The van der Waals surface area contributed by atoms with Gasteiger partial charge in [-0.3, -0.25) is 19.6 Å². The average Bonchev–Trinajstić information content (AvgIpc) is 3.34. The van der Waals surface area contributed by atoms with E-state index in [4.69, 9.17) is 14.7 Å². The van der Waals surface area contributed by atoms with E-state index in [0.717, 1.165) is 83.6 Å². The lowest BCUT2D eigenvalue weighted by Crippen LogP contribution is -2.38. The monoisotopic (exact) mass is 896 g/mol. The Kier molecular flexibility index (Phi) is 12.7. The third-order valence-corrected chi connectivity index (χ3v) is 13.5. The predicted molar refractivity (Wildman–Crippen MR) is 250 cm³/mol. The van der Waals surface area contributed by atoms with Crippen LogP contribution in [0.4, 0.5) is 32.1 Å². The maximum atomic E-state index is 13.9. The molecule has 0 bridgehead atoms. The molecule has 4 aliphatic rings. The summed E-state index contributed by atoms with van der Waals surface area (Å²) in [5.41, 5.74) is 4.21. The SMILES string of the molecule is O=C(Nc1cc2cc(-c3cncc(NC4CCNC(c5cc(-c6cncc(NC7CCNCC7)n6)cc6cc(NC(=O)C7CCC(F)(F)CC7)ncc56)C4)n3)ccc2cn1)C1CCOCC1. The van der Waals surface area contributed by atoms with E-state index in [-0.39, 0.29) is 55.5 Å². The number of alkyl halides is 2. The molecule has 10 rings (SSSR count). The van der Waals surface area contributed by atoms with Gasteiger partial charge < -0.3 is 36.6 Å². The third kappa shape index (κ3) is 10.2. The topological polar surface area (TPSA) is 193 Å². The maximum Gasteiger partial charge on any atom is 0.248 e. The number of piperidine rings is 2. The van der Waals surface area contributed by atoms with Gasteiger partial charge in [-0.15, -0.1) is 0 Å². The number of carbonyl (C=O) groups excluding carboxylic acids is 2. The highest BCUT2D eigenvalue weighted by Gasteiger charge is 2.37. The summed E-state index contributed by atoms with van der Waals surface area (Å²) in [6, 6.07) is 14.3. The molecule has 2 amide bonds. The van der Waals surface area contributed by atoms with Gasteiger partial charge in [-0.2, -0.15) is 0 Å². The van der Waals surface area contributed by atoms with Gasteiger partial charge in [0.05, 0.1) is 36.2 Å². The van der Waals surface area contributed by atoms with Crippen molar-refractivity contribution in [3.8, 4) is 22.5 Å². The molecule has 7 heterocycles. The summed E-state index contributed by atoms with van der Waals surface area (Å²) in [5, 5.41) is 24.0. The summed E-state index contributed by atoms with van der Waals surface area (Å²) in [4.78, 5) is 54.5. The number of fused-ring (bicyclic) bond motifs is 2. The van der Waals surface area contributed by atoms with E-state index >= 15 is 0 Å². The van der Waals surface area contributed by atoms with Gasteiger partial charge in [-0.1, -0.05) is 12.1 Å². The van der Waals surface area contributed by atoms with Gasteiger partial charge >= 0.3 is 0 Å². The molecule has 15 nitrogen and oxygen atoms in total. The zero-order valence-electron chi connectivity index (χ0n) is 36.7. The zero-order valence-corrected chi connectivity index (χ0v) is 36.7. The minimum absolute atomic E-state index is 0.0343. The van der Waals surface area contributed by atoms with Gasteiger partial charge in [0.15, 0.2) is 0 Å². The van der Waals surface area contributed by atoms with Gasteiger partial charge in [-0.25, -0.2) is 28.7 Å². The van der Waals surface area contributed by atoms with Crippen LogP contribution in [-0.4, -0.2) is 92.6 Å². The van der Waals surface area contributed by atoms with Crippen molar-refractivity contribution < 1.29 is 23.1 Å². The number of hydrogen-bond acceptors (Lipinski definition) is 13. The van der Waals surface area contributed by atoms with Crippen LogP contribution in [0.2, 0.25) is 0 Å². The largest absolute Gasteiger partial charge is 0.381 e. The summed E-state index contributed by atoms with van der Waals surface area (Å²) in [5.74, 6) is -1.36. The molecular weight excluding hydrogens is 843 g/mol. The van der Waals surface area contributed by atoms with Crippen molar-refractivity contribution in [1.29, 1.82) is 0 Å². The number of benzene rings is 2. The van der Waals surface area contributed by atoms with Gasteiger partial charge in [-0.05, 0) is 118 Å². The fraction of sp³-hybridized carbons (Fsp3) is 0.429. The Morgan fingerprint density at radius 1 is 0.621 bits per heavy atom. The zero-order chi connectivity index (χ0) is 45.0. The Morgan fingerprint density at radius 3 is 1.97 bits per heavy atom. The number of anilines is 4. The molecule has 3 aliphatic heterocycles. The highest BCUT2D eigenvalue weighted by molar-refractivity contribution is 5.97. The maximum absolute atomic E-state index is 13.9. The van der Waals surface area contributed by atoms with Gasteiger partial charge in [0.1, 0.15) is 23.3 Å². The first kappa shape index (κ1) is 43.6. The Balaban J connectivity index is 0.890. The van der Waals surface area contributed by atoms with Crippen LogP contribution >= 0.6 is 0 Å². The average molecular weight is 897 g/mol. The van der Waals surface area contributed by atoms with Crippen LogP contribution in [0, 0.1) is 11.8 Å². The normalized spacial score (nSPS) is 20.8. The number of pyridine rings is 2. The van der Waals surface area contributed by atoms with E-state index in [9.17, 15) is 18.4 Å². The smallest absolute Gasteiger partial charge is 0.248 e. The molecule has 0 spiro atoms. The minimum Gasteiger partial charge on any atom is -0.381 e. The second kappa shape index (κ2) is 19.3. The van der Waals surface area contributed by atoms with Gasteiger partial charge in [0.25, 0.3) is 0 Å². The lowest BCUT2D eigenvalue weighted by atomic mass is 9.86. The highest BCUT2D eigenvalue weighted by atomic mass is 19.3. The van der Waals surface area contributed by atoms with E-state index < -0.39 is 11.8 Å². The molecular formula is C49H54F2N12O3. The van der Waals surface area contributed by atoms with Crippen LogP contribution in [0.15, 0.2) is 79.6 Å². The molecule has 6 N–H and O–H groups in total. The lowest BCUT2D eigenvalue weighted by molar-refractivity contribution is -0.124. The van der Waals surface area contributed by atoms with Gasteiger partial charge in [0, 0.05) is 90.3 Å². The quantitative estimate of drug-likeness (QED) is 0.0736. The number of amides is 2. The molecule has 66 heavy (non-hydrogen) atoms. The second-order valence-electron chi connectivity index (χ2n) is 18.1. The van der Waals surface area contributed by atoms with Gasteiger partial charge in [0.2, 0.25) is 17.7 Å². The Morgan fingerprint density at radius 2 is 1.24 bits per heavy atom. The first-order valence-corrected chi connectivity index (χ1v) is 23.2. The number of nitrogens with zero attached hydrogens (tertiary/aromatic N) is 6. The number of halogens is 2. The number of nitrogens with one attached hydrogen (secondary N) is 6. The molecule has 2 atom stereocenters. The molecule has 0 radical (unpaired) electrons. The number of rotatable bonds is 11. The number of hydrogen-bond donors (Lipinski definition) is 6. The van der Waals surface area contributed by atoms with Crippen molar-refractivity contribution in [2.24, 2.45) is 11.8 Å². The summed E-state index contributed by atoms with van der Waals surface area (Å²) in [6.45, 7) is 3.82. The van der Waals surface area contributed by atoms with Crippen molar-refractivity contribution in [2.75, 3.05) is 54.1 Å². The van der Waals surface area contributed by atoms with Crippen LogP contribution in [0.3, 0.4) is 0 Å². The minimum atomic E-state index is -2.72. The summed E-state index contributed by atoms with van der Waals surface area (Å²) < 4.78 is 33.2. The number of ether oxygens (including phenoxy) is 1. The van der Waals surface area contributed by atoms with E-state index in [0.29, 0.717) is 66.8 Å². The molecule has 17 heteroatoms. The standard InChI is InChI=1S/C49H54F2N12O3/c50-49(51)10-3-29(4-11-49)47(64)63-44-21-34-18-35(42-26-54-27-45(61-42)58-36-5-12-52-13-6-36)19-38(39(34)24-57-44)40-22-37(7-14-55-40)59-46-28-53-25-41(60-46)31-1-2-32-23-56-43(20-33(32)17-31)62-48(65)30-8-15-66-16-9-30/h1-2,17-21,23-30,36-37,40,52,55H,3-16,22H2,(H,58,61)(H,59,60)(H,56,62,65)(H,57,63,64). The van der Waals surface area contributed by atoms with Crippen LogP contribution in [-0.2, 0) is 14.3 Å². The first-order valence-electron chi connectivity index (χ1n) is 23.2. The van der Waals surface area contributed by atoms with Crippen LogP contribution in [0.5, 0.6) is 0 Å². The fourth-order valence-corrected chi connectivity index (χ4v) is 9.70. The van der Waals surface area contributed by atoms with Crippen LogP contribution < -0.4 is 31.9 Å². The van der Waals surface area contributed by atoms with E-state index in [1.807, 2.05) is 36.4 Å². The van der Waals surface area contributed by atoms with E-state index in [2.05, 4.69) is 57.9 Å². The number of carbonyl (C=O) groups is 2. The van der Waals surface area contributed by atoms with Crippen molar-refractivity contribution in [3.05, 3.63) is 85.2 Å². The molecule has 1 aliphatic carbocycles. The second-order valence-corrected chi connectivity index (χ2v) is 18.1. The van der Waals surface area contributed by atoms with Crippen molar-refractivity contribution in [3.63, 3.8) is 0 Å². The third-order valence-electron chi connectivity index (χ3n) is 13.5. The highest BCUT2D eigenvalue weighted by Crippen LogP contribution is 2.38. The molecule has 4 aromatic heterocycles. The number of aromatic nitrogens is 6. The molecule has 2 aromatic carbocycles. The molecule has 3 saturated heterocycles. The molecule has 2 unspecified atom stereocenters. The van der Waals surface area contributed by atoms with E-state index in [1.165, 1.54) is 0 Å². The predicted octanol–water partition coefficient (Wildman–Crippen LogP) is 7.90. The summed E-state index contributed by atoms with van der Waals surface area (Å²) in [7, 11) is 0. The van der Waals surface area contributed by atoms with E-state index in [1.54, 1.807) is 37.2 Å². The molecule has 1 saturated carbocycles. The van der Waals surface area contributed by atoms with Crippen molar-refractivity contribution >= 4 is 56.6 Å². The molecule has 6 aromatic rings. The summed E-state index contributed by atoms with van der Waals surface area (Å²) >= 11 is 0. The van der Waals surface area contributed by atoms with Crippen molar-refractivity contribution in [1.82, 2.24) is 40.5 Å².